The summed E-state index contributed by atoms with van der Waals surface area (Å²) in [7, 11) is 0. The van der Waals surface area contributed by atoms with E-state index in [1.165, 1.54) is 12.3 Å². The number of carbonyl (C=O) groups is 2. The van der Waals surface area contributed by atoms with Crippen LogP contribution in [0.5, 0.6) is 0 Å². The molecule has 0 radical (unpaired) electrons. The monoisotopic (exact) mass is 301 g/mol. The van der Waals surface area contributed by atoms with Crippen molar-refractivity contribution in [3.8, 4) is 11.1 Å². The Morgan fingerprint density at radius 3 is 2.36 bits per heavy atom. The van der Waals surface area contributed by atoms with Crippen LogP contribution < -0.4 is 10.9 Å². The summed E-state index contributed by atoms with van der Waals surface area (Å²) in [6.45, 7) is 0. The number of nitrogens with zero attached hydrogens (tertiary/aromatic N) is 1. The van der Waals surface area contributed by atoms with E-state index in [-0.39, 0.29) is 5.69 Å². The molecule has 0 atom stereocenters. The van der Waals surface area contributed by atoms with Crippen molar-refractivity contribution in [1.82, 2.24) is 9.97 Å². The number of aromatic amines is 1. The molecule has 0 fully saturated rings. The molecule has 0 amide bonds. The Morgan fingerprint density at radius 1 is 1.14 bits per heavy atom. The molecule has 0 saturated heterocycles. The third kappa shape index (κ3) is 3.37. The number of carboxylic acid groups (broad SMARTS) is 2. The van der Waals surface area contributed by atoms with Crippen molar-refractivity contribution in [2.45, 2.75) is 0 Å². The van der Waals surface area contributed by atoms with Gasteiger partial charge in [-0.15, -0.1) is 0 Å². The summed E-state index contributed by atoms with van der Waals surface area (Å²) < 4.78 is 0. The van der Waals surface area contributed by atoms with Gasteiger partial charge < -0.3 is 20.5 Å². The van der Waals surface area contributed by atoms with Crippen LogP contribution in [0.4, 0.5) is 5.69 Å². The summed E-state index contributed by atoms with van der Waals surface area (Å²) in [5.41, 5.74) is 0.0762. The normalized spacial score (nSPS) is 9.82. The van der Waals surface area contributed by atoms with Crippen molar-refractivity contribution in [1.29, 1.82) is 0 Å². The van der Waals surface area contributed by atoms with Crippen LogP contribution >= 0.6 is 0 Å². The quantitative estimate of drug-likeness (QED) is 0.366. The number of aromatic nitrogens is 2. The van der Waals surface area contributed by atoms with Crippen LogP contribution in [0.25, 0.3) is 11.1 Å². The predicted octanol–water partition coefficient (Wildman–Crippen LogP) is 0.902. The molecule has 4 N–H and O–H groups in total. The SMILES string of the molecule is O=C(O)C(=CNc1cc(-c2ccncc2)c[nH]c1=O)C(=O)O. The van der Waals surface area contributed by atoms with Crippen LogP contribution in [0.2, 0.25) is 0 Å². The molecule has 8 nitrogen and oxygen atoms in total. The zero-order valence-electron chi connectivity index (χ0n) is 11.1. The second-order valence-electron chi connectivity index (χ2n) is 4.18. The van der Waals surface area contributed by atoms with E-state index in [1.54, 1.807) is 24.5 Å². The standard InChI is InChI=1S/C14H11N3O5/c18-12-11(16-7-10(13(19)20)14(21)22)5-9(6-17-12)8-1-3-15-4-2-8/h1-7,16H,(H,17,18)(H,19,20)(H,21,22). The summed E-state index contributed by atoms with van der Waals surface area (Å²) in [5.74, 6) is -3.22. The molecule has 0 saturated carbocycles. The Labute approximate surface area is 123 Å². The zero-order valence-corrected chi connectivity index (χ0v) is 11.1. The van der Waals surface area contributed by atoms with Gasteiger partial charge in [0.25, 0.3) is 5.56 Å². The van der Waals surface area contributed by atoms with Crippen molar-refractivity contribution in [2.24, 2.45) is 0 Å². The first-order valence-electron chi connectivity index (χ1n) is 6.05. The molecule has 112 valence electrons. The van der Waals surface area contributed by atoms with Crippen LogP contribution in [0.3, 0.4) is 0 Å². The number of H-pyrrole nitrogens is 1. The minimum Gasteiger partial charge on any atom is -0.477 e. The maximum Gasteiger partial charge on any atom is 0.344 e. The van der Waals surface area contributed by atoms with Gasteiger partial charge in [0.2, 0.25) is 0 Å². The van der Waals surface area contributed by atoms with Gasteiger partial charge >= 0.3 is 11.9 Å². The van der Waals surface area contributed by atoms with Gasteiger partial charge in [0.15, 0.2) is 5.57 Å². The van der Waals surface area contributed by atoms with E-state index in [0.29, 0.717) is 5.56 Å². The van der Waals surface area contributed by atoms with Gasteiger partial charge in [-0.1, -0.05) is 0 Å². The molecule has 0 spiro atoms. The van der Waals surface area contributed by atoms with Crippen molar-refractivity contribution >= 4 is 17.6 Å². The number of carboxylic acids is 2. The molecule has 0 unspecified atom stereocenters. The summed E-state index contributed by atoms with van der Waals surface area (Å²) >= 11 is 0. The molecule has 2 rings (SSSR count). The molecule has 0 bridgehead atoms. The first-order chi connectivity index (χ1) is 10.5. The molecule has 2 aromatic heterocycles. The minimum absolute atomic E-state index is 0.0225. The zero-order chi connectivity index (χ0) is 16.1. The van der Waals surface area contributed by atoms with Crippen LogP contribution in [0.1, 0.15) is 0 Å². The summed E-state index contributed by atoms with van der Waals surface area (Å²) in [4.78, 5) is 39.6. The Hall–Kier alpha value is -3.42. The van der Waals surface area contributed by atoms with E-state index in [9.17, 15) is 14.4 Å². The van der Waals surface area contributed by atoms with Gasteiger partial charge in [-0.3, -0.25) is 9.78 Å². The molecule has 8 heteroatoms. The van der Waals surface area contributed by atoms with Gasteiger partial charge in [-0.05, 0) is 23.8 Å². The highest BCUT2D eigenvalue weighted by molar-refractivity contribution is 6.12. The van der Waals surface area contributed by atoms with Crippen molar-refractivity contribution < 1.29 is 19.8 Å². The molecule has 0 aliphatic rings. The van der Waals surface area contributed by atoms with E-state index in [4.69, 9.17) is 10.2 Å². The topological polar surface area (TPSA) is 132 Å². The van der Waals surface area contributed by atoms with E-state index in [2.05, 4.69) is 15.3 Å². The Balaban J connectivity index is 2.36. The highest BCUT2D eigenvalue weighted by Gasteiger charge is 2.15. The van der Waals surface area contributed by atoms with Gasteiger partial charge in [0, 0.05) is 30.4 Å². The Bertz CT molecular complexity index is 780. The van der Waals surface area contributed by atoms with Gasteiger partial charge in [-0.2, -0.15) is 0 Å². The first kappa shape index (κ1) is 15.0. The van der Waals surface area contributed by atoms with E-state index >= 15 is 0 Å². The maximum atomic E-state index is 11.7. The van der Waals surface area contributed by atoms with Crippen LogP contribution in [-0.2, 0) is 9.59 Å². The summed E-state index contributed by atoms with van der Waals surface area (Å²) in [5, 5.41) is 19.9. The minimum atomic E-state index is -1.61. The fourth-order valence-electron chi connectivity index (χ4n) is 1.67. The van der Waals surface area contributed by atoms with Crippen molar-refractivity contribution in [3.63, 3.8) is 0 Å². The molecular formula is C14H11N3O5. The second-order valence-corrected chi connectivity index (χ2v) is 4.18. The van der Waals surface area contributed by atoms with Crippen molar-refractivity contribution in [2.75, 3.05) is 5.32 Å². The van der Waals surface area contributed by atoms with Gasteiger partial charge in [-0.25, -0.2) is 9.59 Å². The average molecular weight is 301 g/mol. The third-order valence-corrected chi connectivity index (χ3v) is 2.75. The number of hydrogen-bond donors (Lipinski definition) is 4. The second kappa shape index (κ2) is 6.35. The number of pyridine rings is 2. The molecule has 2 heterocycles. The Morgan fingerprint density at radius 2 is 1.77 bits per heavy atom. The number of hydrogen-bond acceptors (Lipinski definition) is 5. The fraction of sp³-hybridized carbons (Fsp3) is 0. The Kier molecular flexibility index (Phi) is 4.33. The number of anilines is 1. The maximum absolute atomic E-state index is 11.7. The van der Waals surface area contributed by atoms with E-state index in [0.717, 1.165) is 11.8 Å². The summed E-state index contributed by atoms with van der Waals surface area (Å²) in [6, 6.07) is 4.94. The predicted molar refractivity (Wildman–Crippen MR) is 77.3 cm³/mol. The molecule has 22 heavy (non-hydrogen) atoms. The number of nitrogens with one attached hydrogen (secondary N) is 2. The van der Waals surface area contributed by atoms with E-state index < -0.39 is 23.1 Å². The fourth-order valence-corrected chi connectivity index (χ4v) is 1.67. The van der Waals surface area contributed by atoms with Crippen LogP contribution in [0, 0.1) is 0 Å². The lowest BCUT2D eigenvalue weighted by molar-refractivity contribution is -0.140. The van der Waals surface area contributed by atoms with Crippen molar-refractivity contribution in [3.05, 3.63) is 58.9 Å². The number of aliphatic carboxylic acids is 2. The lowest BCUT2D eigenvalue weighted by Gasteiger charge is -2.05. The van der Waals surface area contributed by atoms with Gasteiger partial charge in [0.05, 0.1) is 0 Å². The molecule has 0 aliphatic carbocycles. The summed E-state index contributed by atoms with van der Waals surface area (Å²) in [6.07, 6.45) is 5.41. The molecule has 0 aliphatic heterocycles. The van der Waals surface area contributed by atoms with Crippen LogP contribution in [-0.4, -0.2) is 32.1 Å². The van der Waals surface area contributed by atoms with E-state index in [1.807, 2.05) is 0 Å². The van der Waals surface area contributed by atoms with Gasteiger partial charge in [0.1, 0.15) is 5.69 Å². The smallest absolute Gasteiger partial charge is 0.344 e. The largest absolute Gasteiger partial charge is 0.477 e. The van der Waals surface area contributed by atoms with Crippen LogP contribution in [0.15, 0.2) is 53.4 Å². The molecule has 0 aromatic carbocycles. The highest BCUT2D eigenvalue weighted by atomic mass is 16.4. The first-order valence-corrected chi connectivity index (χ1v) is 6.05. The lowest BCUT2D eigenvalue weighted by atomic mass is 10.1. The third-order valence-electron chi connectivity index (χ3n) is 2.75. The molecule has 2 aromatic rings. The highest BCUT2D eigenvalue weighted by Crippen LogP contribution is 2.18. The lowest BCUT2D eigenvalue weighted by Crippen LogP contribution is -2.15. The average Bonchev–Trinajstić information content (AvgIpc) is 2.49. The number of rotatable bonds is 5. The molecular weight excluding hydrogens is 290 g/mol.